The number of thiazole rings is 1. The number of carbonyl (C=O) groups excluding carboxylic acids is 2. The van der Waals surface area contributed by atoms with E-state index in [1.54, 1.807) is 39.6 Å². The number of amides is 2. The first-order valence-corrected chi connectivity index (χ1v) is 14.0. The van der Waals surface area contributed by atoms with Gasteiger partial charge in [0.15, 0.2) is 10.8 Å². The van der Waals surface area contributed by atoms with Crippen LogP contribution in [-0.2, 0) is 6.18 Å². The van der Waals surface area contributed by atoms with E-state index in [9.17, 15) is 22.8 Å². The Morgan fingerprint density at radius 2 is 1.67 bits per heavy atom. The number of carbonyl (C=O) groups is 2. The fraction of sp³-hybridized carbons (Fsp3) is 0.296. The molecule has 39 heavy (non-hydrogen) atoms. The van der Waals surface area contributed by atoms with Gasteiger partial charge < -0.3 is 15.1 Å². The molecule has 1 unspecified atom stereocenters. The van der Waals surface area contributed by atoms with Crippen LogP contribution in [-0.4, -0.2) is 64.9 Å². The van der Waals surface area contributed by atoms with Gasteiger partial charge in [-0.25, -0.2) is 9.37 Å². The second-order valence-corrected chi connectivity index (χ2v) is 11.6. The van der Waals surface area contributed by atoms with E-state index < -0.39 is 17.6 Å². The minimum atomic E-state index is -4.43. The minimum Gasteiger partial charge on any atom is -0.335 e. The number of hydrogen-bond acceptors (Lipinski definition) is 6. The minimum absolute atomic E-state index is 0.0223. The monoisotopic (exact) mass is 574 g/mol. The quantitative estimate of drug-likeness (QED) is 0.319. The topological polar surface area (TPSA) is 65.5 Å². The van der Waals surface area contributed by atoms with Crippen LogP contribution in [0, 0.1) is 5.82 Å². The number of rotatable bonds is 5. The molecular weight excluding hydrogens is 552 g/mol. The van der Waals surface area contributed by atoms with Crippen LogP contribution in [0.5, 0.6) is 0 Å². The zero-order valence-electron chi connectivity index (χ0n) is 20.4. The van der Waals surface area contributed by atoms with Crippen LogP contribution < -0.4 is 5.32 Å². The maximum Gasteiger partial charge on any atom is 0.416 e. The van der Waals surface area contributed by atoms with Crippen molar-refractivity contribution in [1.82, 2.24) is 20.1 Å². The van der Waals surface area contributed by atoms with Crippen molar-refractivity contribution in [2.24, 2.45) is 0 Å². The van der Waals surface area contributed by atoms with E-state index in [2.05, 4.69) is 10.3 Å². The summed E-state index contributed by atoms with van der Waals surface area (Å²) in [4.78, 5) is 33.0. The molecule has 12 heteroatoms. The Morgan fingerprint density at radius 3 is 2.36 bits per heavy atom. The third kappa shape index (κ3) is 5.04. The van der Waals surface area contributed by atoms with Gasteiger partial charge in [-0.15, -0.1) is 22.7 Å². The maximum absolute atomic E-state index is 15.3. The van der Waals surface area contributed by atoms with E-state index in [1.165, 1.54) is 23.5 Å². The van der Waals surface area contributed by atoms with Crippen molar-refractivity contribution in [3.63, 3.8) is 0 Å². The van der Waals surface area contributed by atoms with Crippen molar-refractivity contribution < 1.29 is 27.2 Å². The predicted molar refractivity (Wildman–Crippen MR) is 141 cm³/mol. The molecule has 0 radical (unpaired) electrons. The van der Waals surface area contributed by atoms with Crippen LogP contribution >= 0.6 is 22.7 Å². The molecular formula is C27H22F4N4O2S2. The Hall–Kier alpha value is -3.35. The molecule has 2 fully saturated rings. The normalized spacial score (nSPS) is 18.1. The van der Waals surface area contributed by atoms with Gasteiger partial charge in [-0.3, -0.25) is 9.59 Å². The molecule has 2 aliphatic heterocycles. The van der Waals surface area contributed by atoms with Gasteiger partial charge >= 0.3 is 6.18 Å². The molecule has 4 heterocycles. The van der Waals surface area contributed by atoms with Crippen LogP contribution in [0.1, 0.15) is 31.5 Å². The number of nitrogens with zero attached hydrogens (tertiary/aromatic N) is 3. The standard InChI is InChI=1S/C27H22F4N4O2S2/c28-22-20-11-16(15-1-4-17(5-2-15)27(29,30)31)3-6-21(20)39-23(22)25(36)35-13-19(14-35)33-18-7-9-34(12-18)26(37)24-32-8-10-38-24/h1-6,8,10-11,18-19,33H,7,9,12-14H2. The molecule has 202 valence electrons. The number of hydrogen-bond donors (Lipinski definition) is 1. The number of alkyl halides is 3. The largest absolute Gasteiger partial charge is 0.416 e. The summed E-state index contributed by atoms with van der Waals surface area (Å²) in [7, 11) is 0. The molecule has 6 nitrogen and oxygen atoms in total. The third-order valence-electron chi connectivity index (χ3n) is 7.10. The van der Waals surface area contributed by atoms with Gasteiger partial charge in [-0.05, 0) is 41.8 Å². The van der Waals surface area contributed by atoms with E-state index in [4.69, 9.17) is 0 Å². The number of thiophene rings is 1. The highest BCUT2D eigenvalue weighted by Crippen LogP contribution is 2.36. The molecule has 1 N–H and O–H groups in total. The fourth-order valence-corrected chi connectivity index (χ4v) is 6.64. The predicted octanol–water partition coefficient (Wildman–Crippen LogP) is 5.51. The smallest absolute Gasteiger partial charge is 0.335 e. The lowest BCUT2D eigenvalue weighted by molar-refractivity contribution is -0.137. The molecule has 0 spiro atoms. The second-order valence-electron chi connectivity index (χ2n) is 9.68. The summed E-state index contributed by atoms with van der Waals surface area (Å²) in [5, 5.41) is 6.02. The molecule has 4 aromatic rings. The van der Waals surface area contributed by atoms with Gasteiger partial charge in [-0.2, -0.15) is 13.2 Å². The molecule has 2 aromatic carbocycles. The summed E-state index contributed by atoms with van der Waals surface area (Å²) < 4.78 is 54.6. The molecule has 1 atom stereocenters. The molecule has 0 bridgehead atoms. The highest BCUT2D eigenvalue weighted by atomic mass is 32.1. The highest BCUT2D eigenvalue weighted by Gasteiger charge is 2.37. The number of aromatic nitrogens is 1. The molecule has 0 aliphatic carbocycles. The van der Waals surface area contributed by atoms with Crippen LogP contribution in [0.25, 0.3) is 21.2 Å². The average Bonchev–Trinajstić information content (AvgIpc) is 3.66. The Kier molecular flexibility index (Phi) is 6.64. The van der Waals surface area contributed by atoms with Crippen LogP contribution in [0.15, 0.2) is 54.0 Å². The van der Waals surface area contributed by atoms with Gasteiger partial charge in [0, 0.05) is 59.9 Å². The number of halogens is 4. The molecule has 2 amide bonds. The van der Waals surface area contributed by atoms with Crippen molar-refractivity contribution in [1.29, 1.82) is 0 Å². The lowest BCUT2D eigenvalue weighted by Crippen LogP contribution is -2.62. The van der Waals surface area contributed by atoms with Gasteiger partial charge in [0.2, 0.25) is 0 Å². The Labute approximate surface area is 228 Å². The Bertz CT molecular complexity index is 1530. The highest BCUT2D eigenvalue weighted by molar-refractivity contribution is 7.20. The molecule has 0 saturated carbocycles. The molecule has 2 aliphatic rings. The van der Waals surface area contributed by atoms with E-state index in [0.717, 1.165) is 29.9 Å². The third-order valence-corrected chi connectivity index (χ3v) is 8.99. The van der Waals surface area contributed by atoms with Crippen LogP contribution in [0.4, 0.5) is 17.6 Å². The summed E-state index contributed by atoms with van der Waals surface area (Å²) in [5.41, 5.74) is 0.344. The number of nitrogens with one attached hydrogen (secondary N) is 1. The van der Waals surface area contributed by atoms with Gasteiger partial charge in [0.1, 0.15) is 4.88 Å². The maximum atomic E-state index is 15.3. The van der Waals surface area contributed by atoms with Gasteiger partial charge in [0.25, 0.3) is 11.8 Å². The number of fused-ring (bicyclic) bond motifs is 1. The van der Waals surface area contributed by atoms with Crippen molar-refractivity contribution in [3.05, 3.63) is 75.3 Å². The van der Waals surface area contributed by atoms with Gasteiger partial charge in [0.05, 0.1) is 5.56 Å². The summed E-state index contributed by atoms with van der Waals surface area (Å²) in [5.74, 6) is -1.06. The molecule has 6 rings (SSSR count). The summed E-state index contributed by atoms with van der Waals surface area (Å²) in [6, 6.07) is 9.86. The molecule has 2 saturated heterocycles. The summed E-state index contributed by atoms with van der Waals surface area (Å²) >= 11 is 2.39. The van der Waals surface area contributed by atoms with Crippen LogP contribution in [0.3, 0.4) is 0 Å². The zero-order valence-corrected chi connectivity index (χ0v) is 22.0. The van der Waals surface area contributed by atoms with E-state index >= 15 is 4.39 Å². The van der Waals surface area contributed by atoms with E-state index in [-0.39, 0.29) is 34.2 Å². The number of likely N-dealkylation sites (tertiary alicyclic amines) is 2. The summed E-state index contributed by atoms with van der Waals surface area (Å²) in [6.07, 6.45) is -2.00. The first-order valence-electron chi connectivity index (χ1n) is 12.3. The Balaban J connectivity index is 1.08. The van der Waals surface area contributed by atoms with Crippen molar-refractivity contribution in [3.8, 4) is 11.1 Å². The van der Waals surface area contributed by atoms with Crippen molar-refractivity contribution in [2.75, 3.05) is 26.2 Å². The number of benzene rings is 2. The van der Waals surface area contributed by atoms with Crippen molar-refractivity contribution >= 4 is 44.6 Å². The molecule has 2 aromatic heterocycles. The lowest BCUT2D eigenvalue weighted by atomic mass is 10.0. The van der Waals surface area contributed by atoms with Gasteiger partial charge in [-0.1, -0.05) is 18.2 Å². The first-order chi connectivity index (χ1) is 18.7. The van der Waals surface area contributed by atoms with E-state index in [1.807, 2.05) is 0 Å². The average molecular weight is 575 g/mol. The second kappa shape index (κ2) is 10.00. The fourth-order valence-electron chi connectivity index (χ4n) is 5.01. The SMILES string of the molecule is O=C(c1nccs1)N1CCC(NC2CN(C(=O)c3sc4ccc(-c5ccc(C(F)(F)F)cc5)cc4c3F)C2)C1. The van der Waals surface area contributed by atoms with Crippen LogP contribution in [0.2, 0.25) is 0 Å². The zero-order chi connectivity index (χ0) is 27.3. The van der Waals surface area contributed by atoms with Crippen molar-refractivity contribution in [2.45, 2.75) is 24.7 Å². The van der Waals surface area contributed by atoms with E-state index in [0.29, 0.717) is 47.0 Å². The lowest BCUT2D eigenvalue weighted by Gasteiger charge is -2.40. The first kappa shape index (κ1) is 25.9. The Morgan fingerprint density at radius 1 is 0.949 bits per heavy atom. The summed E-state index contributed by atoms with van der Waals surface area (Å²) in [6.45, 7) is 2.11.